The van der Waals surface area contributed by atoms with Gasteiger partial charge in [0.1, 0.15) is 11.6 Å². The zero-order valence-corrected chi connectivity index (χ0v) is 14.5. The Hall–Kier alpha value is -2.02. The predicted octanol–water partition coefficient (Wildman–Crippen LogP) is 3.15. The third-order valence-corrected chi connectivity index (χ3v) is 5.54. The van der Waals surface area contributed by atoms with Crippen molar-refractivity contribution in [3.63, 3.8) is 0 Å². The van der Waals surface area contributed by atoms with Crippen molar-refractivity contribution in [2.45, 2.75) is 38.2 Å². The summed E-state index contributed by atoms with van der Waals surface area (Å²) in [6.07, 6.45) is 1.50. The molecule has 0 saturated carbocycles. The molecular formula is C17H20FN3O2S. The molecule has 2 heterocycles. The average molecular weight is 349 g/mol. The van der Waals surface area contributed by atoms with Crippen LogP contribution in [0.25, 0.3) is 5.69 Å². The molecule has 24 heavy (non-hydrogen) atoms. The van der Waals surface area contributed by atoms with Crippen molar-refractivity contribution in [2.75, 3.05) is 5.32 Å². The van der Waals surface area contributed by atoms with E-state index < -0.39 is 10.8 Å². The second-order valence-corrected chi connectivity index (χ2v) is 7.35. The number of aromatic nitrogens is 2. The van der Waals surface area contributed by atoms with Gasteiger partial charge in [-0.25, -0.2) is 9.07 Å². The van der Waals surface area contributed by atoms with Crippen LogP contribution in [0.3, 0.4) is 0 Å². The van der Waals surface area contributed by atoms with Gasteiger partial charge in [0.2, 0.25) is 5.91 Å². The van der Waals surface area contributed by atoms with Crippen molar-refractivity contribution < 1.29 is 13.4 Å². The smallest absolute Gasteiger partial charge is 0.228 e. The first-order valence-electron chi connectivity index (χ1n) is 8.06. The molecule has 7 heteroatoms. The van der Waals surface area contributed by atoms with Gasteiger partial charge in [-0.3, -0.25) is 9.00 Å². The SMILES string of the molecule is CCC(CC)C(=O)Nc1c2c(nn1-c1ccc(F)cc1)C[S@](=O)C2. The first-order chi connectivity index (χ1) is 11.5. The number of fused-ring (bicyclic) bond motifs is 1. The number of nitrogens with one attached hydrogen (secondary N) is 1. The summed E-state index contributed by atoms with van der Waals surface area (Å²) in [6.45, 7) is 3.95. The fraction of sp³-hybridized carbons (Fsp3) is 0.412. The lowest BCUT2D eigenvalue weighted by Gasteiger charge is -2.15. The van der Waals surface area contributed by atoms with Crippen LogP contribution in [0.2, 0.25) is 0 Å². The number of halogens is 1. The van der Waals surface area contributed by atoms with Gasteiger partial charge in [-0.2, -0.15) is 5.10 Å². The summed E-state index contributed by atoms with van der Waals surface area (Å²) in [5, 5.41) is 7.45. The van der Waals surface area contributed by atoms with Crippen LogP contribution in [0.1, 0.15) is 37.9 Å². The molecule has 128 valence electrons. The summed E-state index contributed by atoms with van der Waals surface area (Å²) >= 11 is 0. The lowest BCUT2D eigenvalue weighted by molar-refractivity contribution is -0.120. The summed E-state index contributed by atoms with van der Waals surface area (Å²) in [6, 6.07) is 5.93. The van der Waals surface area contributed by atoms with Crippen LogP contribution in [-0.2, 0) is 27.1 Å². The van der Waals surface area contributed by atoms with Gasteiger partial charge in [-0.1, -0.05) is 13.8 Å². The Bertz CT molecular complexity index is 782. The third-order valence-electron chi connectivity index (χ3n) is 4.34. The summed E-state index contributed by atoms with van der Waals surface area (Å²) in [5.41, 5.74) is 2.21. The number of anilines is 1. The number of hydrogen-bond donors (Lipinski definition) is 1. The maximum atomic E-state index is 13.2. The van der Waals surface area contributed by atoms with Crippen LogP contribution in [0.4, 0.5) is 10.2 Å². The summed E-state index contributed by atoms with van der Waals surface area (Å²) in [7, 11) is -0.983. The topological polar surface area (TPSA) is 64.0 Å². The fourth-order valence-corrected chi connectivity index (χ4v) is 4.17. The normalized spacial score (nSPS) is 16.4. The number of carbonyl (C=O) groups is 1. The standard InChI is InChI=1S/C17H20FN3O2S/c1-3-11(4-2)17(22)19-16-14-9-24(23)10-15(14)20-21(16)13-7-5-12(18)6-8-13/h5-8,11H,3-4,9-10H2,1-2H3,(H,19,22)/t24-/m1/s1. The highest BCUT2D eigenvalue weighted by Gasteiger charge is 2.29. The maximum absolute atomic E-state index is 13.2. The van der Waals surface area contributed by atoms with E-state index in [-0.39, 0.29) is 17.6 Å². The largest absolute Gasteiger partial charge is 0.310 e. The molecule has 0 aliphatic carbocycles. The van der Waals surface area contributed by atoms with Gasteiger partial charge in [-0.05, 0) is 37.1 Å². The Morgan fingerprint density at radius 3 is 2.58 bits per heavy atom. The monoisotopic (exact) mass is 349 g/mol. The Morgan fingerprint density at radius 2 is 1.96 bits per heavy atom. The Labute approximate surface area is 142 Å². The number of nitrogens with zero attached hydrogens (tertiary/aromatic N) is 2. The van der Waals surface area contributed by atoms with Crippen LogP contribution in [0.5, 0.6) is 0 Å². The minimum absolute atomic E-state index is 0.0660. The van der Waals surface area contributed by atoms with E-state index in [9.17, 15) is 13.4 Å². The van der Waals surface area contributed by atoms with Crippen LogP contribution < -0.4 is 5.32 Å². The summed E-state index contributed by atoms with van der Waals surface area (Å²) in [5.74, 6) is 0.848. The highest BCUT2D eigenvalue weighted by atomic mass is 32.2. The van der Waals surface area contributed by atoms with E-state index in [0.29, 0.717) is 23.0 Å². The van der Waals surface area contributed by atoms with E-state index in [1.54, 1.807) is 16.8 Å². The Morgan fingerprint density at radius 1 is 1.29 bits per heavy atom. The van der Waals surface area contributed by atoms with Gasteiger partial charge in [0.05, 0.1) is 22.9 Å². The second kappa shape index (κ2) is 6.84. The summed E-state index contributed by atoms with van der Waals surface area (Å²) < 4.78 is 26.6. The lowest BCUT2D eigenvalue weighted by Crippen LogP contribution is -2.24. The van der Waals surface area contributed by atoms with Crippen molar-refractivity contribution >= 4 is 22.5 Å². The van der Waals surface area contributed by atoms with E-state index in [4.69, 9.17) is 0 Å². The molecule has 1 aromatic carbocycles. The van der Waals surface area contributed by atoms with Crippen LogP contribution >= 0.6 is 0 Å². The molecule has 1 aliphatic heterocycles. The molecule has 5 nitrogen and oxygen atoms in total. The fourth-order valence-electron chi connectivity index (χ4n) is 2.90. The van der Waals surface area contributed by atoms with Crippen LogP contribution in [0, 0.1) is 11.7 Å². The van der Waals surface area contributed by atoms with Gasteiger partial charge in [0, 0.05) is 22.3 Å². The molecule has 1 amide bonds. The molecule has 1 aliphatic rings. The summed E-state index contributed by atoms with van der Waals surface area (Å²) in [4.78, 5) is 12.5. The van der Waals surface area contributed by atoms with E-state index in [2.05, 4.69) is 10.4 Å². The number of rotatable bonds is 5. The van der Waals surface area contributed by atoms with Crippen LogP contribution in [-0.4, -0.2) is 19.9 Å². The molecule has 0 unspecified atom stereocenters. The second-order valence-electron chi connectivity index (χ2n) is 5.89. The first kappa shape index (κ1) is 16.8. The minimum atomic E-state index is -0.983. The molecular weight excluding hydrogens is 329 g/mol. The predicted molar refractivity (Wildman–Crippen MR) is 91.8 cm³/mol. The van der Waals surface area contributed by atoms with Crippen molar-refractivity contribution in [3.8, 4) is 5.69 Å². The maximum Gasteiger partial charge on any atom is 0.228 e. The van der Waals surface area contributed by atoms with Crippen molar-refractivity contribution in [1.82, 2.24) is 9.78 Å². The van der Waals surface area contributed by atoms with E-state index in [1.165, 1.54) is 12.1 Å². The number of hydrogen-bond acceptors (Lipinski definition) is 3. The molecule has 0 fully saturated rings. The molecule has 1 N–H and O–H groups in total. The van der Waals surface area contributed by atoms with Crippen molar-refractivity contribution in [1.29, 1.82) is 0 Å². The van der Waals surface area contributed by atoms with Gasteiger partial charge >= 0.3 is 0 Å². The van der Waals surface area contributed by atoms with Crippen molar-refractivity contribution in [3.05, 3.63) is 41.3 Å². The molecule has 3 rings (SSSR count). The number of carbonyl (C=O) groups excluding carboxylic acids is 1. The van der Waals surface area contributed by atoms with Crippen molar-refractivity contribution in [2.24, 2.45) is 5.92 Å². The average Bonchev–Trinajstić information content (AvgIpc) is 3.07. The van der Waals surface area contributed by atoms with Gasteiger partial charge < -0.3 is 5.32 Å². The zero-order valence-electron chi connectivity index (χ0n) is 13.7. The van der Waals surface area contributed by atoms with Gasteiger partial charge in [-0.15, -0.1) is 0 Å². The Kier molecular flexibility index (Phi) is 4.80. The highest BCUT2D eigenvalue weighted by Crippen LogP contribution is 2.31. The number of amides is 1. The highest BCUT2D eigenvalue weighted by molar-refractivity contribution is 7.83. The quantitative estimate of drug-likeness (QED) is 0.902. The molecule has 0 saturated heterocycles. The molecule has 0 bridgehead atoms. The first-order valence-corrected chi connectivity index (χ1v) is 9.54. The molecule has 1 atom stereocenters. The van der Waals surface area contributed by atoms with Gasteiger partial charge in [0.15, 0.2) is 0 Å². The van der Waals surface area contributed by atoms with E-state index >= 15 is 0 Å². The third kappa shape index (κ3) is 3.13. The van der Waals surface area contributed by atoms with Crippen LogP contribution in [0.15, 0.2) is 24.3 Å². The number of benzene rings is 1. The van der Waals surface area contributed by atoms with E-state index in [1.807, 2.05) is 13.8 Å². The molecule has 0 spiro atoms. The zero-order chi connectivity index (χ0) is 17.3. The molecule has 0 radical (unpaired) electrons. The van der Waals surface area contributed by atoms with E-state index in [0.717, 1.165) is 24.1 Å². The molecule has 1 aromatic heterocycles. The molecule has 2 aromatic rings. The minimum Gasteiger partial charge on any atom is -0.310 e. The van der Waals surface area contributed by atoms with Gasteiger partial charge in [0.25, 0.3) is 0 Å². The Balaban J connectivity index is 2.01. The lowest BCUT2D eigenvalue weighted by atomic mass is 10.0.